The summed E-state index contributed by atoms with van der Waals surface area (Å²) >= 11 is 7.65. The maximum Gasteiger partial charge on any atom is 0.297 e. The van der Waals surface area contributed by atoms with Crippen LogP contribution in [-0.2, 0) is 6.42 Å². The number of hydrogen-bond donors (Lipinski definition) is 0. The summed E-state index contributed by atoms with van der Waals surface area (Å²) in [4.78, 5) is 28.8. The fraction of sp³-hybridized carbons (Fsp3) is 0.280. The van der Waals surface area contributed by atoms with E-state index in [0.717, 1.165) is 16.1 Å². The average Bonchev–Trinajstić information content (AvgIpc) is 3.38. The maximum absolute atomic E-state index is 13.7. The average molecular weight is 480 g/mol. The van der Waals surface area contributed by atoms with Crippen LogP contribution in [0.25, 0.3) is 11.0 Å². The Morgan fingerprint density at radius 3 is 2.52 bits per heavy atom. The molecule has 0 aliphatic carbocycles. The zero-order chi connectivity index (χ0) is 23.4. The highest BCUT2D eigenvalue weighted by atomic mass is 35.5. The molecule has 168 valence electrons. The molecular weight excluding hydrogens is 458 g/mol. The first-order valence-electron chi connectivity index (χ1n) is 10.8. The summed E-state index contributed by atoms with van der Waals surface area (Å²) in [5, 5.41) is 10.5. The van der Waals surface area contributed by atoms with Gasteiger partial charge in [-0.1, -0.05) is 68.0 Å². The van der Waals surface area contributed by atoms with Crippen molar-refractivity contribution in [1.29, 1.82) is 0 Å². The van der Waals surface area contributed by atoms with Crippen LogP contribution in [-0.4, -0.2) is 16.1 Å². The highest BCUT2D eigenvalue weighted by Crippen LogP contribution is 2.42. The Morgan fingerprint density at radius 1 is 1.15 bits per heavy atom. The van der Waals surface area contributed by atoms with E-state index in [4.69, 9.17) is 16.0 Å². The Balaban J connectivity index is 1.77. The molecule has 0 saturated carbocycles. The number of amides is 1. The fourth-order valence-corrected chi connectivity index (χ4v) is 5.12. The molecule has 33 heavy (non-hydrogen) atoms. The molecule has 5 rings (SSSR count). The lowest BCUT2D eigenvalue weighted by Crippen LogP contribution is -2.29. The molecular formula is C25H22ClN3O3S. The van der Waals surface area contributed by atoms with Crippen LogP contribution in [0.5, 0.6) is 0 Å². The van der Waals surface area contributed by atoms with Crippen molar-refractivity contribution in [2.75, 3.05) is 4.90 Å². The van der Waals surface area contributed by atoms with E-state index in [2.05, 4.69) is 24.0 Å². The standard InChI is InChI=1S/C25H22ClN3O3S/c1-5-19-27-28-25(33-19)29-21(15-8-6-14(7-9-15)12(2)3)20-22(30)16-11-17(26)13(4)10-18(16)32-23(20)24(29)31/h6-12,21H,5H2,1-4H3. The topological polar surface area (TPSA) is 76.3 Å². The minimum Gasteiger partial charge on any atom is -0.450 e. The molecule has 6 nitrogen and oxygen atoms in total. The van der Waals surface area contributed by atoms with E-state index in [0.29, 0.717) is 39.0 Å². The third kappa shape index (κ3) is 3.47. The smallest absolute Gasteiger partial charge is 0.297 e. The van der Waals surface area contributed by atoms with Gasteiger partial charge in [-0.05, 0) is 48.1 Å². The van der Waals surface area contributed by atoms with Gasteiger partial charge in [0.1, 0.15) is 10.6 Å². The Morgan fingerprint density at radius 2 is 1.88 bits per heavy atom. The Kier molecular flexibility index (Phi) is 5.34. The van der Waals surface area contributed by atoms with Gasteiger partial charge in [0.2, 0.25) is 10.9 Å². The molecule has 0 fully saturated rings. The van der Waals surface area contributed by atoms with E-state index in [1.165, 1.54) is 21.8 Å². The summed E-state index contributed by atoms with van der Waals surface area (Å²) in [6.07, 6.45) is 0.708. The summed E-state index contributed by atoms with van der Waals surface area (Å²) in [5.41, 5.74) is 3.14. The number of carbonyl (C=O) groups is 1. The molecule has 0 saturated heterocycles. The minimum absolute atomic E-state index is 0.0420. The van der Waals surface area contributed by atoms with Crippen molar-refractivity contribution in [3.05, 3.63) is 84.7 Å². The van der Waals surface area contributed by atoms with Crippen molar-refractivity contribution in [3.8, 4) is 0 Å². The van der Waals surface area contributed by atoms with E-state index in [-0.39, 0.29) is 11.2 Å². The van der Waals surface area contributed by atoms with Gasteiger partial charge < -0.3 is 4.42 Å². The number of benzene rings is 2. The van der Waals surface area contributed by atoms with Gasteiger partial charge in [-0.25, -0.2) is 0 Å². The molecule has 1 amide bonds. The lowest BCUT2D eigenvalue weighted by atomic mass is 9.95. The molecule has 3 heterocycles. The summed E-state index contributed by atoms with van der Waals surface area (Å²) in [7, 11) is 0. The molecule has 1 atom stereocenters. The lowest BCUT2D eigenvalue weighted by Gasteiger charge is -2.22. The molecule has 0 radical (unpaired) electrons. The Labute approximate surface area is 199 Å². The number of carbonyl (C=O) groups excluding carboxylic acids is 1. The maximum atomic E-state index is 13.7. The number of aryl methyl sites for hydroxylation is 2. The van der Waals surface area contributed by atoms with Crippen LogP contribution in [0.4, 0.5) is 5.13 Å². The van der Waals surface area contributed by atoms with Crippen LogP contribution in [0.15, 0.2) is 45.6 Å². The minimum atomic E-state index is -0.660. The van der Waals surface area contributed by atoms with Gasteiger partial charge in [0.15, 0.2) is 5.43 Å². The zero-order valence-electron chi connectivity index (χ0n) is 18.7. The van der Waals surface area contributed by atoms with Gasteiger partial charge in [0, 0.05) is 5.02 Å². The van der Waals surface area contributed by atoms with E-state index < -0.39 is 11.9 Å². The number of fused-ring (bicyclic) bond motifs is 2. The molecule has 4 aromatic rings. The second-order valence-corrected chi connectivity index (χ2v) is 9.95. The highest BCUT2D eigenvalue weighted by Gasteiger charge is 2.45. The fourth-order valence-electron chi connectivity index (χ4n) is 4.15. The summed E-state index contributed by atoms with van der Waals surface area (Å²) in [6.45, 7) is 8.05. The first-order chi connectivity index (χ1) is 15.8. The SMILES string of the molecule is CCc1nnc(N2C(=O)c3oc4cc(C)c(Cl)cc4c(=O)c3C2c2ccc(C(C)C)cc2)s1. The third-order valence-corrected chi connectivity index (χ3v) is 7.51. The zero-order valence-corrected chi connectivity index (χ0v) is 20.3. The largest absolute Gasteiger partial charge is 0.450 e. The predicted octanol–water partition coefficient (Wildman–Crippen LogP) is 6.04. The van der Waals surface area contributed by atoms with Crippen molar-refractivity contribution in [1.82, 2.24) is 10.2 Å². The van der Waals surface area contributed by atoms with Crippen LogP contribution in [0, 0.1) is 6.92 Å². The molecule has 2 aromatic carbocycles. The summed E-state index contributed by atoms with van der Waals surface area (Å²) in [6, 6.07) is 10.6. The highest BCUT2D eigenvalue weighted by molar-refractivity contribution is 7.15. The number of aromatic nitrogens is 2. The molecule has 0 N–H and O–H groups in total. The van der Waals surface area contributed by atoms with Gasteiger partial charge >= 0.3 is 0 Å². The van der Waals surface area contributed by atoms with Crippen molar-refractivity contribution in [2.24, 2.45) is 0 Å². The summed E-state index contributed by atoms with van der Waals surface area (Å²) in [5.74, 6) is 0.0102. The van der Waals surface area contributed by atoms with Gasteiger partial charge in [-0.2, -0.15) is 0 Å². The van der Waals surface area contributed by atoms with Gasteiger partial charge in [-0.15, -0.1) is 10.2 Å². The van der Waals surface area contributed by atoms with E-state index >= 15 is 0 Å². The number of rotatable bonds is 4. The predicted molar refractivity (Wildman–Crippen MR) is 131 cm³/mol. The van der Waals surface area contributed by atoms with Crippen LogP contribution in [0.2, 0.25) is 5.02 Å². The lowest BCUT2D eigenvalue weighted by molar-refractivity contribution is 0.0970. The van der Waals surface area contributed by atoms with Crippen LogP contribution in [0.1, 0.15) is 70.5 Å². The number of hydrogen-bond acceptors (Lipinski definition) is 6. The van der Waals surface area contributed by atoms with Crippen LogP contribution < -0.4 is 10.3 Å². The molecule has 0 bridgehead atoms. The number of halogens is 1. The Hall–Kier alpha value is -3.03. The van der Waals surface area contributed by atoms with Crippen molar-refractivity contribution < 1.29 is 9.21 Å². The van der Waals surface area contributed by atoms with Crippen molar-refractivity contribution in [2.45, 2.75) is 46.1 Å². The third-order valence-electron chi connectivity index (χ3n) is 6.03. The first kappa shape index (κ1) is 21.8. The Bertz CT molecular complexity index is 1460. The number of anilines is 1. The molecule has 1 aliphatic heterocycles. The second-order valence-electron chi connectivity index (χ2n) is 8.50. The molecule has 0 spiro atoms. The van der Waals surface area contributed by atoms with Gasteiger partial charge in [-0.3, -0.25) is 14.5 Å². The second kappa shape index (κ2) is 8.08. The van der Waals surface area contributed by atoms with Crippen LogP contribution >= 0.6 is 22.9 Å². The molecule has 1 aliphatic rings. The van der Waals surface area contributed by atoms with Crippen molar-refractivity contribution >= 4 is 44.9 Å². The quantitative estimate of drug-likeness (QED) is 0.356. The monoisotopic (exact) mass is 479 g/mol. The molecule has 2 aromatic heterocycles. The van der Waals surface area contributed by atoms with Crippen LogP contribution in [0.3, 0.4) is 0 Å². The van der Waals surface area contributed by atoms with E-state index in [9.17, 15) is 9.59 Å². The van der Waals surface area contributed by atoms with Gasteiger partial charge in [0.25, 0.3) is 5.91 Å². The van der Waals surface area contributed by atoms with Crippen molar-refractivity contribution in [3.63, 3.8) is 0 Å². The summed E-state index contributed by atoms with van der Waals surface area (Å²) < 4.78 is 6.04. The normalized spacial score (nSPS) is 15.6. The van der Waals surface area contributed by atoms with E-state index in [1.54, 1.807) is 12.1 Å². The first-order valence-corrected chi connectivity index (χ1v) is 12.0. The van der Waals surface area contributed by atoms with E-state index in [1.807, 2.05) is 38.1 Å². The molecule has 8 heteroatoms. The number of nitrogens with zero attached hydrogens (tertiary/aromatic N) is 3. The van der Waals surface area contributed by atoms with Gasteiger partial charge in [0.05, 0.1) is 17.0 Å². The molecule has 1 unspecified atom stereocenters.